The second kappa shape index (κ2) is 8.50. The van der Waals surface area contributed by atoms with Gasteiger partial charge in [0.15, 0.2) is 0 Å². The van der Waals surface area contributed by atoms with Crippen LogP contribution in [-0.4, -0.2) is 63.8 Å². The van der Waals surface area contributed by atoms with Crippen molar-refractivity contribution in [3.05, 3.63) is 22.5 Å². The van der Waals surface area contributed by atoms with Crippen molar-refractivity contribution in [3.63, 3.8) is 0 Å². The first-order valence-electron chi connectivity index (χ1n) is 10.5. The molecule has 172 valence electrons. The molecule has 4 rings (SSSR count). The summed E-state index contributed by atoms with van der Waals surface area (Å²) in [4.78, 5) is 16.0. The zero-order chi connectivity index (χ0) is 23.2. The number of nitriles is 1. The Hall–Kier alpha value is -2.42. The summed E-state index contributed by atoms with van der Waals surface area (Å²) in [6.07, 6.45) is 2.64. The number of hydrogen-bond donors (Lipinski definition) is 1. The molecule has 10 nitrogen and oxygen atoms in total. The van der Waals surface area contributed by atoms with Crippen molar-refractivity contribution in [1.82, 2.24) is 18.9 Å². The van der Waals surface area contributed by atoms with Crippen LogP contribution in [-0.2, 0) is 19.6 Å². The molecule has 32 heavy (non-hydrogen) atoms. The van der Waals surface area contributed by atoms with E-state index in [4.69, 9.17) is 16.3 Å². The summed E-state index contributed by atoms with van der Waals surface area (Å²) in [6.45, 7) is 5.60. The predicted octanol–water partition coefficient (Wildman–Crippen LogP) is 2.29. The number of piperidine rings is 1. The van der Waals surface area contributed by atoms with Crippen LogP contribution in [0.3, 0.4) is 0 Å². The van der Waals surface area contributed by atoms with Crippen molar-refractivity contribution < 1.29 is 17.9 Å². The maximum absolute atomic E-state index is 12.7. The Morgan fingerprint density at radius 3 is 2.69 bits per heavy atom. The molecule has 1 saturated heterocycles. The van der Waals surface area contributed by atoms with Crippen LogP contribution < -0.4 is 5.32 Å². The molecule has 12 heteroatoms. The summed E-state index contributed by atoms with van der Waals surface area (Å²) in [5.41, 5.74) is 1.57. The SMILES string of the molecule is CC(=O)O[C@@H]1CN(S(=O)(=O)C2CC2)CC[C@H]1Nc1ncc2c(Cl)c(C#N)c(C(C)C)n2n1. The second-order valence-corrected chi connectivity index (χ2v) is 11.1. The normalized spacial score (nSPS) is 22.1. The highest BCUT2D eigenvalue weighted by Crippen LogP contribution is 2.34. The van der Waals surface area contributed by atoms with Crippen LogP contribution in [0, 0.1) is 11.3 Å². The van der Waals surface area contributed by atoms with Gasteiger partial charge < -0.3 is 10.1 Å². The molecule has 0 aromatic carbocycles. The molecular weight excluding hydrogens is 456 g/mol. The number of ether oxygens (including phenoxy) is 1. The van der Waals surface area contributed by atoms with Gasteiger partial charge in [0.05, 0.1) is 40.3 Å². The second-order valence-electron chi connectivity index (χ2n) is 8.51. The van der Waals surface area contributed by atoms with E-state index in [0.29, 0.717) is 47.6 Å². The molecule has 2 aliphatic rings. The number of rotatable bonds is 6. The summed E-state index contributed by atoms with van der Waals surface area (Å²) in [5, 5.41) is 17.2. The largest absolute Gasteiger partial charge is 0.459 e. The van der Waals surface area contributed by atoms with E-state index in [2.05, 4.69) is 21.5 Å². The van der Waals surface area contributed by atoms with Crippen molar-refractivity contribution >= 4 is 39.1 Å². The average Bonchev–Trinajstić information content (AvgIpc) is 3.54. The van der Waals surface area contributed by atoms with Crippen LogP contribution in [0.5, 0.6) is 0 Å². The first-order chi connectivity index (χ1) is 15.1. The number of sulfonamides is 1. The minimum atomic E-state index is -3.37. The number of nitrogens with zero attached hydrogens (tertiary/aromatic N) is 5. The van der Waals surface area contributed by atoms with Crippen LogP contribution in [0.1, 0.15) is 57.2 Å². The number of anilines is 1. The van der Waals surface area contributed by atoms with Gasteiger partial charge in [-0.05, 0) is 25.2 Å². The zero-order valence-corrected chi connectivity index (χ0v) is 19.6. The van der Waals surface area contributed by atoms with Crippen LogP contribution in [0.15, 0.2) is 6.20 Å². The topological polar surface area (TPSA) is 130 Å². The highest BCUT2D eigenvalue weighted by atomic mass is 35.5. The van der Waals surface area contributed by atoms with E-state index in [0.717, 1.165) is 0 Å². The third kappa shape index (κ3) is 4.14. The molecule has 0 bridgehead atoms. The lowest BCUT2D eigenvalue weighted by Crippen LogP contribution is -2.53. The standard InChI is InChI=1S/C20H25ClN6O4S/c1-11(2)19-14(8-22)18(21)16-9-23-20(25-27(16)19)24-15-6-7-26(10-17(15)31-12(3)28)32(29,30)13-4-5-13/h9,11,13,15,17H,4-7,10H2,1-3H3,(H,24,25)/t15-,17-/m1/s1. The van der Waals surface area contributed by atoms with Gasteiger partial charge >= 0.3 is 5.97 Å². The fraction of sp³-hybridized carbons (Fsp3) is 0.600. The van der Waals surface area contributed by atoms with E-state index in [9.17, 15) is 18.5 Å². The molecule has 2 fully saturated rings. The Balaban J connectivity index is 1.61. The molecular formula is C20H25ClN6O4S. The smallest absolute Gasteiger partial charge is 0.303 e. The summed E-state index contributed by atoms with van der Waals surface area (Å²) in [5.74, 6) is -0.213. The Morgan fingerprint density at radius 2 is 2.09 bits per heavy atom. The lowest BCUT2D eigenvalue weighted by Gasteiger charge is -2.37. The van der Waals surface area contributed by atoms with Gasteiger partial charge in [-0.2, -0.15) is 9.57 Å². The first kappa shape index (κ1) is 22.8. The van der Waals surface area contributed by atoms with E-state index >= 15 is 0 Å². The van der Waals surface area contributed by atoms with E-state index in [1.807, 2.05) is 13.8 Å². The molecule has 2 aromatic rings. The molecule has 0 radical (unpaired) electrons. The van der Waals surface area contributed by atoms with Crippen molar-refractivity contribution in [1.29, 1.82) is 5.26 Å². The number of fused-ring (bicyclic) bond motifs is 1. The summed E-state index contributed by atoms with van der Waals surface area (Å²) in [6, 6.07) is 1.77. The monoisotopic (exact) mass is 480 g/mol. The van der Waals surface area contributed by atoms with Crippen molar-refractivity contribution in [2.45, 2.75) is 63.3 Å². The van der Waals surface area contributed by atoms with E-state index in [1.54, 1.807) is 4.52 Å². The lowest BCUT2D eigenvalue weighted by molar-refractivity contribution is -0.148. The Labute approximate surface area is 191 Å². The van der Waals surface area contributed by atoms with Crippen LogP contribution in [0.25, 0.3) is 5.52 Å². The maximum Gasteiger partial charge on any atom is 0.303 e. The van der Waals surface area contributed by atoms with Gasteiger partial charge in [0, 0.05) is 13.5 Å². The molecule has 1 saturated carbocycles. The van der Waals surface area contributed by atoms with Gasteiger partial charge in [0.1, 0.15) is 17.7 Å². The van der Waals surface area contributed by atoms with E-state index < -0.39 is 22.1 Å². The molecule has 1 aliphatic heterocycles. The number of hydrogen-bond acceptors (Lipinski definition) is 8. The Kier molecular flexibility index (Phi) is 6.04. The third-order valence-corrected chi connectivity index (χ3v) is 8.53. The number of carbonyl (C=O) groups is 1. The molecule has 0 spiro atoms. The van der Waals surface area contributed by atoms with E-state index in [-0.39, 0.29) is 29.7 Å². The summed E-state index contributed by atoms with van der Waals surface area (Å²) in [7, 11) is -3.37. The van der Waals surface area contributed by atoms with Crippen LogP contribution in [0.4, 0.5) is 5.95 Å². The first-order valence-corrected chi connectivity index (χ1v) is 12.4. The highest BCUT2D eigenvalue weighted by molar-refractivity contribution is 7.90. The molecule has 2 atom stereocenters. The van der Waals surface area contributed by atoms with Crippen molar-refractivity contribution in [2.75, 3.05) is 18.4 Å². The molecule has 1 N–H and O–H groups in total. The zero-order valence-electron chi connectivity index (χ0n) is 18.1. The number of aromatic nitrogens is 3. The number of carbonyl (C=O) groups excluding carboxylic acids is 1. The minimum absolute atomic E-state index is 0.00272. The molecule has 3 heterocycles. The fourth-order valence-corrected chi connectivity index (χ4v) is 6.23. The van der Waals surface area contributed by atoms with Gasteiger partial charge in [0.25, 0.3) is 0 Å². The Bertz CT molecular complexity index is 1200. The third-order valence-electron chi connectivity index (χ3n) is 5.78. The van der Waals surface area contributed by atoms with Crippen molar-refractivity contribution in [2.24, 2.45) is 0 Å². The fourth-order valence-electron chi connectivity index (χ4n) is 4.10. The van der Waals surface area contributed by atoms with Crippen LogP contribution >= 0.6 is 11.6 Å². The maximum atomic E-state index is 12.7. The summed E-state index contributed by atoms with van der Waals surface area (Å²) >= 11 is 6.36. The molecule has 1 aliphatic carbocycles. The number of nitrogens with one attached hydrogen (secondary N) is 1. The lowest BCUT2D eigenvalue weighted by atomic mass is 10.0. The molecule has 0 amide bonds. The number of esters is 1. The average molecular weight is 481 g/mol. The Morgan fingerprint density at radius 1 is 1.38 bits per heavy atom. The van der Waals surface area contributed by atoms with E-state index in [1.165, 1.54) is 17.4 Å². The van der Waals surface area contributed by atoms with Gasteiger partial charge in [-0.1, -0.05) is 25.4 Å². The quantitative estimate of drug-likeness (QED) is 0.623. The summed E-state index contributed by atoms with van der Waals surface area (Å²) < 4.78 is 33.8. The minimum Gasteiger partial charge on any atom is -0.459 e. The molecule has 2 aromatic heterocycles. The predicted molar refractivity (Wildman–Crippen MR) is 118 cm³/mol. The van der Waals surface area contributed by atoms with Crippen LogP contribution in [0.2, 0.25) is 5.02 Å². The highest BCUT2D eigenvalue weighted by Gasteiger charge is 2.44. The van der Waals surface area contributed by atoms with Gasteiger partial charge in [-0.3, -0.25) is 4.79 Å². The van der Waals surface area contributed by atoms with Gasteiger partial charge in [-0.25, -0.2) is 17.9 Å². The number of halogens is 1. The molecule has 0 unspecified atom stereocenters. The van der Waals surface area contributed by atoms with Gasteiger partial charge in [-0.15, -0.1) is 5.10 Å². The van der Waals surface area contributed by atoms with Crippen molar-refractivity contribution in [3.8, 4) is 6.07 Å². The van der Waals surface area contributed by atoms with Gasteiger partial charge in [0.2, 0.25) is 16.0 Å².